The van der Waals surface area contributed by atoms with Gasteiger partial charge in [0.1, 0.15) is 5.69 Å². The highest BCUT2D eigenvalue weighted by molar-refractivity contribution is 5.92. The van der Waals surface area contributed by atoms with E-state index >= 15 is 0 Å². The van der Waals surface area contributed by atoms with Crippen LogP contribution in [-0.2, 0) is 6.42 Å². The fourth-order valence-electron chi connectivity index (χ4n) is 2.52. The van der Waals surface area contributed by atoms with E-state index in [9.17, 15) is 9.90 Å². The summed E-state index contributed by atoms with van der Waals surface area (Å²) < 4.78 is 2.03. The van der Waals surface area contributed by atoms with Crippen LogP contribution >= 0.6 is 0 Å². The molecule has 4 nitrogen and oxygen atoms in total. The van der Waals surface area contributed by atoms with E-state index in [1.807, 2.05) is 53.2 Å². The van der Waals surface area contributed by atoms with Gasteiger partial charge in [-0.2, -0.15) is 0 Å². The van der Waals surface area contributed by atoms with Gasteiger partial charge < -0.3 is 15.0 Å². The molecule has 1 aliphatic carbocycles. The second kappa shape index (κ2) is 6.14. The third-order valence-electron chi connectivity index (χ3n) is 3.76. The molecule has 0 spiro atoms. The molecule has 1 aliphatic rings. The van der Waals surface area contributed by atoms with Gasteiger partial charge in [0.05, 0.1) is 6.10 Å². The van der Waals surface area contributed by atoms with Crippen LogP contribution in [0.2, 0.25) is 0 Å². The molecule has 110 valence electrons. The fraction of sp³-hybridized carbons (Fsp3) is 0.353. The van der Waals surface area contributed by atoms with Crippen molar-refractivity contribution in [3.63, 3.8) is 0 Å². The maximum Gasteiger partial charge on any atom is 0.268 e. The number of rotatable bonds is 6. The van der Waals surface area contributed by atoms with E-state index in [1.54, 1.807) is 0 Å². The summed E-state index contributed by atoms with van der Waals surface area (Å²) in [5.41, 5.74) is 1.75. The largest absolute Gasteiger partial charge is 0.391 e. The van der Waals surface area contributed by atoms with E-state index in [4.69, 9.17) is 0 Å². The number of nitrogens with one attached hydrogen (secondary N) is 1. The smallest absolute Gasteiger partial charge is 0.268 e. The molecule has 3 rings (SSSR count). The van der Waals surface area contributed by atoms with Gasteiger partial charge in [-0.3, -0.25) is 4.79 Å². The van der Waals surface area contributed by atoms with Crippen LogP contribution in [0.1, 0.15) is 34.9 Å². The number of carbonyl (C=O) groups excluding carboxylic acids is 1. The number of carbonyl (C=O) groups is 1. The van der Waals surface area contributed by atoms with Gasteiger partial charge in [-0.15, -0.1) is 0 Å². The average molecular weight is 284 g/mol. The molecule has 0 aliphatic heterocycles. The minimum atomic E-state index is -0.569. The van der Waals surface area contributed by atoms with Crippen LogP contribution in [0.25, 0.3) is 0 Å². The number of aromatic nitrogens is 1. The molecule has 0 saturated heterocycles. The molecule has 0 radical (unpaired) electrons. The Morgan fingerprint density at radius 2 is 2.00 bits per heavy atom. The summed E-state index contributed by atoms with van der Waals surface area (Å²) >= 11 is 0. The molecule has 1 fully saturated rings. The summed E-state index contributed by atoms with van der Waals surface area (Å²) in [4.78, 5) is 12.2. The van der Waals surface area contributed by atoms with Crippen molar-refractivity contribution >= 4 is 5.91 Å². The van der Waals surface area contributed by atoms with Gasteiger partial charge in [0.2, 0.25) is 0 Å². The first kappa shape index (κ1) is 13.9. The quantitative estimate of drug-likeness (QED) is 0.854. The van der Waals surface area contributed by atoms with Crippen molar-refractivity contribution in [1.29, 1.82) is 0 Å². The van der Waals surface area contributed by atoms with Crippen LogP contribution in [-0.4, -0.2) is 28.2 Å². The van der Waals surface area contributed by atoms with Crippen molar-refractivity contribution in [1.82, 2.24) is 9.88 Å². The number of aliphatic hydroxyl groups is 1. The molecule has 1 atom stereocenters. The van der Waals surface area contributed by atoms with Gasteiger partial charge in [0.25, 0.3) is 5.91 Å². The van der Waals surface area contributed by atoms with E-state index < -0.39 is 6.10 Å². The molecule has 2 N–H and O–H groups in total. The van der Waals surface area contributed by atoms with Gasteiger partial charge in [-0.25, -0.2) is 0 Å². The SMILES string of the molecule is O=C(NCC(O)Cc1ccccc1)c1cccn1C1CC1. The molecule has 0 bridgehead atoms. The number of amides is 1. The Morgan fingerprint density at radius 1 is 1.24 bits per heavy atom. The predicted octanol–water partition coefficient (Wildman–Crippen LogP) is 2.16. The lowest BCUT2D eigenvalue weighted by molar-refractivity contribution is 0.0906. The normalized spacial score (nSPS) is 15.7. The number of aliphatic hydroxyl groups excluding tert-OH is 1. The van der Waals surface area contributed by atoms with E-state index in [1.165, 1.54) is 0 Å². The molecular weight excluding hydrogens is 264 g/mol. The van der Waals surface area contributed by atoms with Crippen LogP contribution in [0.4, 0.5) is 0 Å². The molecule has 1 heterocycles. The number of benzene rings is 1. The van der Waals surface area contributed by atoms with E-state index in [0.717, 1.165) is 18.4 Å². The highest BCUT2D eigenvalue weighted by Crippen LogP contribution is 2.35. The molecule has 1 aromatic heterocycles. The Kier molecular flexibility index (Phi) is 4.06. The fourth-order valence-corrected chi connectivity index (χ4v) is 2.52. The number of nitrogens with zero attached hydrogens (tertiary/aromatic N) is 1. The Bertz CT molecular complexity index is 602. The Balaban J connectivity index is 1.52. The maximum atomic E-state index is 12.2. The van der Waals surface area contributed by atoms with E-state index in [2.05, 4.69) is 5.32 Å². The van der Waals surface area contributed by atoms with Crippen molar-refractivity contribution in [2.45, 2.75) is 31.4 Å². The molecular formula is C17H20N2O2. The highest BCUT2D eigenvalue weighted by atomic mass is 16.3. The topological polar surface area (TPSA) is 54.3 Å². The molecule has 2 aromatic rings. The van der Waals surface area contributed by atoms with Gasteiger partial charge >= 0.3 is 0 Å². The van der Waals surface area contributed by atoms with Crippen molar-refractivity contribution < 1.29 is 9.90 Å². The Labute approximate surface area is 124 Å². The van der Waals surface area contributed by atoms with E-state index in [0.29, 0.717) is 18.2 Å². The van der Waals surface area contributed by atoms with E-state index in [-0.39, 0.29) is 12.5 Å². The number of hydrogen-bond donors (Lipinski definition) is 2. The Morgan fingerprint density at radius 3 is 2.71 bits per heavy atom. The average Bonchev–Trinajstić information content (AvgIpc) is 3.23. The van der Waals surface area contributed by atoms with Crippen LogP contribution in [0.5, 0.6) is 0 Å². The molecule has 4 heteroatoms. The summed E-state index contributed by atoms with van der Waals surface area (Å²) in [6, 6.07) is 14.0. The highest BCUT2D eigenvalue weighted by Gasteiger charge is 2.26. The first-order valence-corrected chi connectivity index (χ1v) is 7.41. The predicted molar refractivity (Wildman–Crippen MR) is 81.2 cm³/mol. The van der Waals surface area contributed by atoms with Gasteiger partial charge in [0, 0.05) is 25.2 Å². The van der Waals surface area contributed by atoms with Crippen molar-refractivity contribution in [3.05, 3.63) is 59.9 Å². The summed E-state index contributed by atoms with van der Waals surface area (Å²) in [7, 11) is 0. The molecule has 21 heavy (non-hydrogen) atoms. The monoisotopic (exact) mass is 284 g/mol. The zero-order valence-electron chi connectivity index (χ0n) is 11.9. The van der Waals surface area contributed by atoms with Crippen LogP contribution in [0, 0.1) is 0 Å². The maximum absolute atomic E-state index is 12.2. The van der Waals surface area contributed by atoms with Gasteiger partial charge in [-0.1, -0.05) is 30.3 Å². The molecule has 1 unspecified atom stereocenters. The lowest BCUT2D eigenvalue weighted by Gasteiger charge is -2.13. The first-order valence-electron chi connectivity index (χ1n) is 7.41. The second-order valence-corrected chi connectivity index (χ2v) is 5.59. The summed E-state index contributed by atoms with van der Waals surface area (Å²) in [5.74, 6) is -0.112. The van der Waals surface area contributed by atoms with Crippen LogP contribution in [0.15, 0.2) is 48.7 Å². The summed E-state index contributed by atoms with van der Waals surface area (Å²) in [6.45, 7) is 0.267. The first-order chi connectivity index (χ1) is 10.2. The zero-order valence-corrected chi connectivity index (χ0v) is 11.9. The minimum Gasteiger partial charge on any atom is -0.391 e. The minimum absolute atomic E-state index is 0.112. The van der Waals surface area contributed by atoms with Crippen LogP contribution < -0.4 is 5.32 Å². The zero-order chi connectivity index (χ0) is 14.7. The van der Waals surface area contributed by atoms with Crippen LogP contribution in [0.3, 0.4) is 0 Å². The molecule has 1 aromatic carbocycles. The lowest BCUT2D eigenvalue weighted by Crippen LogP contribution is -2.34. The lowest BCUT2D eigenvalue weighted by atomic mass is 10.1. The Hall–Kier alpha value is -2.07. The second-order valence-electron chi connectivity index (χ2n) is 5.59. The standard InChI is InChI=1S/C17H20N2O2/c20-15(11-13-5-2-1-3-6-13)12-18-17(21)16-7-4-10-19(16)14-8-9-14/h1-7,10,14-15,20H,8-9,11-12H2,(H,18,21). The van der Waals surface area contributed by atoms with Crippen molar-refractivity contribution in [2.75, 3.05) is 6.54 Å². The van der Waals surface area contributed by atoms with Crippen molar-refractivity contribution in [2.24, 2.45) is 0 Å². The molecule has 1 saturated carbocycles. The third-order valence-corrected chi connectivity index (χ3v) is 3.76. The van der Waals surface area contributed by atoms with Crippen molar-refractivity contribution in [3.8, 4) is 0 Å². The van der Waals surface area contributed by atoms with Gasteiger partial charge in [-0.05, 0) is 30.5 Å². The summed E-state index contributed by atoms with van der Waals surface area (Å²) in [5, 5.41) is 12.8. The molecule has 1 amide bonds. The van der Waals surface area contributed by atoms with Gasteiger partial charge in [0.15, 0.2) is 0 Å². The number of hydrogen-bond acceptors (Lipinski definition) is 2. The third kappa shape index (κ3) is 3.52. The summed E-state index contributed by atoms with van der Waals surface area (Å²) in [6.07, 6.45) is 4.22.